The van der Waals surface area contributed by atoms with Gasteiger partial charge in [-0.3, -0.25) is 4.79 Å². The smallest absolute Gasteiger partial charge is 0.249 e. The average molecular weight is 262 g/mol. The van der Waals surface area contributed by atoms with Crippen LogP contribution in [0.3, 0.4) is 0 Å². The Hall–Kier alpha value is -2.01. The summed E-state index contributed by atoms with van der Waals surface area (Å²) >= 11 is 1.49. The molecule has 94 valence electrons. The van der Waals surface area contributed by atoms with E-state index < -0.39 is 5.91 Å². The van der Waals surface area contributed by atoms with E-state index in [9.17, 15) is 9.90 Å². The summed E-state index contributed by atoms with van der Waals surface area (Å²) in [6.07, 6.45) is 0. The van der Waals surface area contributed by atoms with Gasteiger partial charge in [0.15, 0.2) is 0 Å². The molecule has 0 aliphatic carbocycles. The third-order valence-electron chi connectivity index (χ3n) is 2.60. The van der Waals surface area contributed by atoms with E-state index in [1.807, 2.05) is 13.0 Å². The predicted molar refractivity (Wildman–Crippen MR) is 73.0 cm³/mol. The molecule has 2 aromatic rings. The first-order valence-electron chi connectivity index (χ1n) is 5.47. The van der Waals surface area contributed by atoms with Gasteiger partial charge in [-0.1, -0.05) is 0 Å². The van der Waals surface area contributed by atoms with E-state index in [0.717, 1.165) is 16.1 Å². The van der Waals surface area contributed by atoms with Crippen LogP contribution < -0.4 is 11.1 Å². The highest BCUT2D eigenvalue weighted by atomic mass is 32.1. The molecule has 1 amide bonds. The van der Waals surface area contributed by atoms with Gasteiger partial charge < -0.3 is 16.2 Å². The highest BCUT2D eigenvalue weighted by Gasteiger charge is 2.05. The van der Waals surface area contributed by atoms with Crippen molar-refractivity contribution in [1.29, 1.82) is 0 Å². The van der Waals surface area contributed by atoms with Crippen LogP contribution in [0.25, 0.3) is 0 Å². The second-order valence-electron chi connectivity index (χ2n) is 4.02. The number of hydrogen-bond donors (Lipinski definition) is 3. The van der Waals surface area contributed by atoms with E-state index in [2.05, 4.69) is 5.32 Å². The highest BCUT2D eigenvalue weighted by Crippen LogP contribution is 2.22. The predicted octanol–water partition coefficient (Wildman–Crippen LogP) is 2.47. The highest BCUT2D eigenvalue weighted by molar-refractivity contribution is 7.10. The van der Waals surface area contributed by atoms with Crippen molar-refractivity contribution >= 4 is 22.9 Å². The van der Waals surface area contributed by atoms with E-state index >= 15 is 0 Å². The third-order valence-corrected chi connectivity index (χ3v) is 3.54. The number of hydrogen-bond acceptors (Lipinski definition) is 4. The number of benzene rings is 1. The van der Waals surface area contributed by atoms with Crippen molar-refractivity contribution < 1.29 is 9.90 Å². The molecular formula is C13H14N2O2S. The molecule has 0 aliphatic rings. The normalized spacial score (nSPS) is 10.3. The van der Waals surface area contributed by atoms with Gasteiger partial charge in [0.2, 0.25) is 5.91 Å². The van der Waals surface area contributed by atoms with Crippen LogP contribution in [0.15, 0.2) is 29.6 Å². The Morgan fingerprint density at radius 3 is 2.83 bits per heavy atom. The van der Waals surface area contributed by atoms with Crippen molar-refractivity contribution in [3.8, 4) is 5.75 Å². The molecule has 0 saturated carbocycles. The molecule has 4 nitrogen and oxygen atoms in total. The maximum Gasteiger partial charge on any atom is 0.249 e. The van der Waals surface area contributed by atoms with Gasteiger partial charge in [-0.05, 0) is 36.8 Å². The number of thiophene rings is 1. The zero-order valence-electron chi connectivity index (χ0n) is 9.93. The Morgan fingerprint density at radius 1 is 1.44 bits per heavy atom. The average Bonchev–Trinajstić information content (AvgIpc) is 2.76. The second-order valence-corrected chi connectivity index (χ2v) is 5.01. The quantitative estimate of drug-likeness (QED) is 0.741. The van der Waals surface area contributed by atoms with Gasteiger partial charge in [0.25, 0.3) is 0 Å². The summed E-state index contributed by atoms with van der Waals surface area (Å²) in [5.41, 5.74) is 7.67. The molecule has 4 N–H and O–H groups in total. The maximum absolute atomic E-state index is 11.0. The lowest BCUT2D eigenvalue weighted by Crippen LogP contribution is -2.09. The number of primary amides is 1. The van der Waals surface area contributed by atoms with Crippen LogP contribution in [0.2, 0.25) is 0 Å². The number of carbonyl (C=O) groups is 1. The standard InChI is InChI=1S/C13H14N2O2S/c1-8-4-10(16)2-3-12(8)15-6-11-5-9(7-18-11)13(14)17/h2-5,7,15-16H,6H2,1H3,(H2,14,17). The zero-order chi connectivity index (χ0) is 13.1. The second kappa shape index (κ2) is 5.10. The van der Waals surface area contributed by atoms with Gasteiger partial charge >= 0.3 is 0 Å². The topological polar surface area (TPSA) is 75.3 Å². The fourth-order valence-corrected chi connectivity index (χ4v) is 2.44. The minimum absolute atomic E-state index is 0.255. The summed E-state index contributed by atoms with van der Waals surface area (Å²) in [7, 11) is 0. The SMILES string of the molecule is Cc1cc(O)ccc1NCc1cc(C(N)=O)cs1. The van der Waals surface area contributed by atoms with Crippen molar-refractivity contribution in [3.63, 3.8) is 0 Å². The Morgan fingerprint density at radius 2 is 2.22 bits per heavy atom. The summed E-state index contributed by atoms with van der Waals surface area (Å²) < 4.78 is 0. The first kappa shape index (κ1) is 12.4. The molecule has 0 spiro atoms. The third kappa shape index (κ3) is 2.81. The number of rotatable bonds is 4. The van der Waals surface area contributed by atoms with E-state index in [0.29, 0.717) is 12.1 Å². The maximum atomic E-state index is 11.0. The van der Waals surface area contributed by atoms with Crippen molar-refractivity contribution in [2.45, 2.75) is 13.5 Å². The molecule has 2 rings (SSSR count). The van der Waals surface area contributed by atoms with E-state index in [1.54, 1.807) is 23.6 Å². The van der Waals surface area contributed by atoms with Crippen LogP contribution >= 0.6 is 11.3 Å². The lowest BCUT2D eigenvalue weighted by molar-refractivity contribution is 0.100. The molecule has 0 radical (unpaired) electrons. The van der Waals surface area contributed by atoms with Crippen LogP contribution in [0.4, 0.5) is 5.69 Å². The fourth-order valence-electron chi connectivity index (χ4n) is 1.63. The molecule has 0 bridgehead atoms. The lowest BCUT2D eigenvalue weighted by atomic mass is 10.2. The fraction of sp³-hybridized carbons (Fsp3) is 0.154. The Balaban J connectivity index is 2.04. The first-order valence-corrected chi connectivity index (χ1v) is 6.35. The number of nitrogens with one attached hydrogen (secondary N) is 1. The molecule has 0 fully saturated rings. The summed E-state index contributed by atoms with van der Waals surface area (Å²) in [4.78, 5) is 12.0. The largest absolute Gasteiger partial charge is 0.508 e. The molecule has 0 atom stereocenters. The number of amides is 1. The molecule has 0 unspecified atom stereocenters. The number of phenols is 1. The monoisotopic (exact) mass is 262 g/mol. The van der Waals surface area contributed by atoms with Crippen LogP contribution in [-0.4, -0.2) is 11.0 Å². The molecule has 1 aromatic heterocycles. The molecule has 5 heteroatoms. The van der Waals surface area contributed by atoms with E-state index in [4.69, 9.17) is 5.73 Å². The minimum Gasteiger partial charge on any atom is -0.508 e. The van der Waals surface area contributed by atoms with Crippen LogP contribution in [0.1, 0.15) is 20.8 Å². The summed E-state index contributed by atoms with van der Waals surface area (Å²) in [6, 6.07) is 6.95. The number of nitrogens with two attached hydrogens (primary N) is 1. The van der Waals surface area contributed by atoms with Gasteiger partial charge in [-0.25, -0.2) is 0 Å². The van der Waals surface area contributed by atoms with Gasteiger partial charge in [0, 0.05) is 22.5 Å². The minimum atomic E-state index is -0.404. The van der Waals surface area contributed by atoms with Gasteiger partial charge in [0.05, 0.1) is 5.56 Å². The van der Waals surface area contributed by atoms with Gasteiger partial charge in [-0.15, -0.1) is 11.3 Å². The Bertz CT molecular complexity index is 578. The summed E-state index contributed by atoms with van der Waals surface area (Å²) in [5, 5.41) is 14.3. The van der Waals surface area contributed by atoms with Crippen LogP contribution in [0.5, 0.6) is 5.75 Å². The van der Waals surface area contributed by atoms with Crippen LogP contribution in [0, 0.1) is 6.92 Å². The molecule has 1 aromatic carbocycles. The van der Waals surface area contributed by atoms with E-state index in [-0.39, 0.29) is 5.75 Å². The molecular weight excluding hydrogens is 248 g/mol. The zero-order valence-corrected chi connectivity index (χ0v) is 10.8. The molecule has 1 heterocycles. The van der Waals surface area contributed by atoms with Crippen molar-refractivity contribution in [1.82, 2.24) is 0 Å². The number of aryl methyl sites for hydroxylation is 1. The van der Waals surface area contributed by atoms with Gasteiger partial charge in [-0.2, -0.15) is 0 Å². The molecule has 0 aliphatic heterocycles. The number of phenolic OH excluding ortho intramolecular Hbond substituents is 1. The van der Waals surface area contributed by atoms with Crippen molar-refractivity contribution in [2.24, 2.45) is 5.73 Å². The number of carbonyl (C=O) groups excluding carboxylic acids is 1. The Kier molecular flexibility index (Phi) is 3.53. The first-order chi connectivity index (χ1) is 8.56. The molecule has 0 saturated heterocycles. The number of anilines is 1. The number of aromatic hydroxyl groups is 1. The van der Waals surface area contributed by atoms with Crippen LogP contribution in [-0.2, 0) is 6.54 Å². The van der Waals surface area contributed by atoms with Crippen molar-refractivity contribution in [3.05, 3.63) is 45.6 Å². The molecule has 18 heavy (non-hydrogen) atoms. The van der Waals surface area contributed by atoms with Gasteiger partial charge in [0.1, 0.15) is 5.75 Å². The lowest BCUT2D eigenvalue weighted by Gasteiger charge is -2.08. The Labute approximate surface area is 109 Å². The summed E-state index contributed by atoms with van der Waals surface area (Å²) in [5.74, 6) is -0.150. The van der Waals surface area contributed by atoms with Crippen molar-refractivity contribution in [2.75, 3.05) is 5.32 Å². The summed E-state index contributed by atoms with van der Waals surface area (Å²) in [6.45, 7) is 2.55. The van der Waals surface area contributed by atoms with E-state index in [1.165, 1.54) is 11.3 Å².